The van der Waals surface area contributed by atoms with Gasteiger partial charge in [-0.1, -0.05) is 32.9 Å². The molecule has 1 aromatic carbocycles. The van der Waals surface area contributed by atoms with E-state index in [1.54, 1.807) is 12.1 Å². The first-order valence-corrected chi connectivity index (χ1v) is 7.29. The van der Waals surface area contributed by atoms with Gasteiger partial charge in [0.2, 0.25) is 5.91 Å². The smallest absolute Gasteiger partial charge is 0.241 e. The van der Waals surface area contributed by atoms with Gasteiger partial charge in [-0.25, -0.2) is 4.39 Å². The summed E-state index contributed by atoms with van der Waals surface area (Å²) >= 11 is 0. The highest BCUT2D eigenvalue weighted by atomic mass is 19.1. The van der Waals surface area contributed by atoms with Crippen LogP contribution >= 0.6 is 0 Å². The molecule has 1 saturated heterocycles. The average molecular weight is 278 g/mol. The standard InChI is InChI=1S/C16H23FN2O/c1-5-14(10(2)3)19-15(18-11(4)16(19)20)12-6-8-13(17)9-7-12/h6-11,14-15,18H,5H2,1-4H3. The molecule has 3 unspecified atom stereocenters. The van der Waals surface area contributed by atoms with Crippen LogP contribution in [-0.4, -0.2) is 22.9 Å². The van der Waals surface area contributed by atoms with Gasteiger partial charge in [-0.3, -0.25) is 10.1 Å². The third-order valence-corrected chi connectivity index (χ3v) is 4.04. The minimum Gasteiger partial charge on any atom is -0.318 e. The van der Waals surface area contributed by atoms with E-state index in [4.69, 9.17) is 0 Å². The first-order chi connectivity index (χ1) is 9.45. The van der Waals surface area contributed by atoms with E-state index in [1.807, 2.05) is 11.8 Å². The van der Waals surface area contributed by atoms with Gasteiger partial charge in [0, 0.05) is 6.04 Å². The molecule has 4 heteroatoms. The Balaban J connectivity index is 2.34. The maximum atomic E-state index is 13.1. The molecular formula is C16H23FN2O. The van der Waals surface area contributed by atoms with Crippen molar-refractivity contribution in [2.45, 2.75) is 52.4 Å². The lowest BCUT2D eigenvalue weighted by atomic mass is 9.98. The maximum Gasteiger partial charge on any atom is 0.241 e. The van der Waals surface area contributed by atoms with Gasteiger partial charge in [0.15, 0.2) is 0 Å². The second-order valence-electron chi connectivity index (χ2n) is 5.81. The summed E-state index contributed by atoms with van der Waals surface area (Å²) in [5.41, 5.74) is 0.934. The van der Waals surface area contributed by atoms with Crippen LogP contribution in [0.3, 0.4) is 0 Å². The normalized spacial score (nSPS) is 24.5. The summed E-state index contributed by atoms with van der Waals surface area (Å²) in [6.45, 7) is 8.24. The number of amides is 1. The molecule has 3 nitrogen and oxygen atoms in total. The highest BCUT2D eigenvalue weighted by Crippen LogP contribution is 2.31. The van der Waals surface area contributed by atoms with Crippen LogP contribution in [0.15, 0.2) is 24.3 Å². The van der Waals surface area contributed by atoms with Crippen LogP contribution in [0.2, 0.25) is 0 Å². The molecule has 1 fully saturated rings. The second-order valence-corrected chi connectivity index (χ2v) is 5.81. The summed E-state index contributed by atoms with van der Waals surface area (Å²) in [4.78, 5) is 14.4. The van der Waals surface area contributed by atoms with Gasteiger partial charge in [-0.15, -0.1) is 0 Å². The molecule has 0 radical (unpaired) electrons. The fourth-order valence-electron chi connectivity index (χ4n) is 2.99. The van der Waals surface area contributed by atoms with Crippen molar-refractivity contribution in [3.05, 3.63) is 35.6 Å². The van der Waals surface area contributed by atoms with Crippen LogP contribution in [0, 0.1) is 11.7 Å². The minimum atomic E-state index is -0.256. The molecule has 0 saturated carbocycles. The SMILES string of the molecule is CCC(C(C)C)N1C(=O)C(C)NC1c1ccc(F)cc1. The number of hydrogen-bond acceptors (Lipinski definition) is 2. The zero-order valence-corrected chi connectivity index (χ0v) is 12.6. The first-order valence-electron chi connectivity index (χ1n) is 7.29. The minimum absolute atomic E-state index is 0.125. The van der Waals surface area contributed by atoms with Gasteiger partial charge >= 0.3 is 0 Å². The van der Waals surface area contributed by atoms with Crippen molar-refractivity contribution in [1.82, 2.24) is 10.2 Å². The number of nitrogens with one attached hydrogen (secondary N) is 1. The molecule has 0 aliphatic carbocycles. The Morgan fingerprint density at radius 3 is 2.40 bits per heavy atom. The van der Waals surface area contributed by atoms with Gasteiger partial charge in [0.1, 0.15) is 12.0 Å². The van der Waals surface area contributed by atoms with E-state index in [-0.39, 0.29) is 30.0 Å². The lowest BCUT2D eigenvalue weighted by Gasteiger charge is -2.35. The maximum absolute atomic E-state index is 13.1. The van der Waals surface area contributed by atoms with E-state index in [0.29, 0.717) is 5.92 Å². The third-order valence-electron chi connectivity index (χ3n) is 4.04. The van der Waals surface area contributed by atoms with Crippen molar-refractivity contribution in [2.75, 3.05) is 0 Å². The first kappa shape index (κ1) is 15.0. The largest absolute Gasteiger partial charge is 0.318 e. The molecule has 0 aromatic heterocycles. The zero-order valence-electron chi connectivity index (χ0n) is 12.6. The fraction of sp³-hybridized carbons (Fsp3) is 0.562. The molecule has 0 bridgehead atoms. The molecule has 1 heterocycles. The molecule has 20 heavy (non-hydrogen) atoms. The topological polar surface area (TPSA) is 32.3 Å². The van der Waals surface area contributed by atoms with Crippen LogP contribution in [0.25, 0.3) is 0 Å². The Morgan fingerprint density at radius 2 is 1.90 bits per heavy atom. The molecule has 0 spiro atoms. The van der Waals surface area contributed by atoms with E-state index in [1.165, 1.54) is 12.1 Å². The summed E-state index contributed by atoms with van der Waals surface area (Å²) in [6, 6.07) is 6.38. The molecule has 3 atom stereocenters. The molecule has 1 N–H and O–H groups in total. The van der Waals surface area contributed by atoms with E-state index >= 15 is 0 Å². The summed E-state index contributed by atoms with van der Waals surface area (Å²) in [5.74, 6) is 0.257. The number of nitrogens with zero attached hydrogens (tertiary/aromatic N) is 1. The van der Waals surface area contributed by atoms with Crippen molar-refractivity contribution >= 4 is 5.91 Å². The van der Waals surface area contributed by atoms with Crippen molar-refractivity contribution in [1.29, 1.82) is 0 Å². The predicted molar refractivity (Wildman–Crippen MR) is 77.5 cm³/mol. The highest BCUT2D eigenvalue weighted by Gasteiger charge is 2.41. The Hall–Kier alpha value is -1.42. The molecule has 1 aliphatic heterocycles. The number of carbonyl (C=O) groups is 1. The van der Waals surface area contributed by atoms with Gasteiger partial charge in [0.25, 0.3) is 0 Å². The van der Waals surface area contributed by atoms with Crippen molar-refractivity contribution in [3.63, 3.8) is 0 Å². The Morgan fingerprint density at radius 1 is 1.30 bits per heavy atom. The number of carbonyl (C=O) groups excluding carboxylic acids is 1. The number of hydrogen-bond donors (Lipinski definition) is 1. The molecule has 1 aromatic rings. The molecule has 2 rings (SSSR count). The van der Waals surface area contributed by atoms with Crippen LogP contribution in [0.4, 0.5) is 4.39 Å². The third kappa shape index (κ3) is 2.70. The van der Waals surface area contributed by atoms with Crippen molar-refractivity contribution in [3.8, 4) is 0 Å². The summed E-state index contributed by atoms with van der Waals surface area (Å²) in [5, 5.41) is 3.31. The molecule has 1 aliphatic rings. The lowest BCUT2D eigenvalue weighted by Crippen LogP contribution is -2.42. The van der Waals surface area contributed by atoms with E-state index < -0.39 is 0 Å². The number of halogens is 1. The summed E-state index contributed by atoms with van der Waals surface area (Å²) < 4.78 is 13.1. The highest BCUT2D eigenvalue weighted by molar-refractivity contribution is 5.84. The zero-order chi connectivity index (χ0) is 14.9. The van der Waals surface area contributed by atoms with Gasteiger partial charge in [0.05, 0.1) is 6.04 Å². The number of rotatable bonds is 4. The van der Waals surface area contributed by atoms with E-state index in [2.05, 4.69) is 26.1 Å². The van der Waals surface area contributed by atoms with Crippen molar-refractivity contribution in [2.24, 2.45) is 5.92 Å². The predicted octanol–water partition coefficient (Wildman–Crippen LogP) is 3.08. The Bertz CT molecular complexity index is 472. The van der Waals surface area contributed by atoms with Crippen LogP contribution < -0.4 is 5.32 Å². The summed E-state index contributed by atoms with van der Waals surface area (Å²) in [7, 11) is 0. The van der Waals surface area contributed by atoms with Crippen LogP contribution in [0.1, 0.15) is 45.8 Å². The fourth-order valence-corrected chi connectivity index (χ4v) is 2.99. The average Bonchev–Trinajstić information content (AvgIpc) is 2.69. The molecule has 1 amide bonds. The second kappa shape index (κ2) is 5.92. The van der Waals surface area contributed by atoms with Crippen LogP contribution in [0.5, 0.6) is 0 Å². The summed E-state index contributed by atoms with van der Waals surface area (Å²) in [6.07, 6.45) is 0.751. The van der Waals surface area contributed by atoms with Gasteiger partial charge in [-0.2, -0.15) is 0 Å². The van der Waals surface area contributed by atoms with Crippen LogP contribution in [-0.2, 0) is 4.79 Å². The lowest BCUT2D eigenvalue weighted by molar-refractivity contribution is -0.133. The Labute approximate surface area is 120 Å². The molecule has 110 valence electrons. The van der Waals surface area contributed by atoms with Gasteiger partial charge < -0.3 is 4.90 Å². The van der Waals surface area contributed by atoms with Gasteiger partial charge in [-0.05, 0) is 37.0 Å². The number of benzene rings is 1. The van der Waals surface area contributed by atoms with Crippen molar-refractivity contribution < 1.29 is 9.18 Å². The molecular weight excluding hydrogens is 255 g/mol. The van der Waals surface area contributed by atoms with E-state index in [9.17, 15) is 9.18 Å². The quantitative estimate of drug-likeness (QED) is 0.918. The monoisotopic (exact) mass is 278 g/mol. The van der Waals surface area contributed by atoms with E-state index in [0.717, 1.165) is 12.0 Å². The Kier molecular flexibility index (Phi) is 4.43.